The van der Waals surface area contributed by atoms with Gasteiger partial charge in [0.2, 0.25) is 0 Å². The van der Waals surface area contributed by atoms with Crippen LogP contribution >= 0.6 is 0 Å². The summed E-state index contributed by atoms with van der Waals surface area (Å²) in [4.78, 5) is 5.63. The quantitative estimate of drug-likeness (QED) is 0.633. The largest absolute Gasteiger partial charge is 0.297 e. The van der Waals surface area contributed by atoms with Crippen LogP contribution in [0.1, 0.15) is 25.3 Å². The van der Waals surface area contributed by atoms with E-state index in [4.69, 9.17) is 4.84 Å². The summed E-state index contributed by atoms with van der Waals surface area (Å²) in [5.41, 5.74) is 4.44. The fourth-order valence-corrected chi connectivity index (χ4v) is 3.32. The van der Waals surface area contributed by atoms with E-state index in [0.29, 0.717) is 12.6 Å². The molecule has 4 unspecified atom stereocenters. The Morgan fingerprint density at radius 2 is 2.06 bits per heavy atom. The molecule has 1 aromatic carbocycles. The molecule has 18 heavy (non-hydrogen) atoms. The van der Waals surface area contributed by atoms with Crippen molar-refractivity contribution in [2.45, 2.75) is 32.4 Å². The van der Waals surface area contributed by atoms with E-state index >= 15 is 0 Å². The molecule has 1 saturated carbocycles. The Balaban J connectivity index is 1.45. The molecule has 0 spiro atoms. The van der Waals surface area contributed by atoms with Crippen molar-refractivity contribution in [1.29, 1.82) is 0 Å². The van der Waals surface area contributed by atoms with Crippen LogP contribution < -0.4 is 5.48 Å². The number of hydrogen-bond donors (Lipinski definition) is 1. The van der Waals surface area contributed by atoms with Crippen molar-refractivity contribution in [3.05, 3.63) is 48.0 Å². The SMILES string of the molecule is CC(NOCc1ccccc1)C1CC2C=CC1C2. The zero-order chi connectivity index (χ0) is 12.4. The fraction of sp³-hybridized carbons (Fsp3) is 0.500. The van der Waals surface area contributed by atoms with E-state index in [1.54, 1.807) is 0 Å². The average molecular weight is 243 g/mol. The van der Waals surface area contributed by atoms with Crippen molar-refractivity contribution in [1.82, 2.24) is 5.48 Å². The maximum atomic E-state index is 5.63. The van der Waals surface area contributed by atoms with E-state index in [2.05, 4.69) is 36.7 Å². The second-order valence-electron chi connectivity index (χ2n) is 5.62. The van der Waals surface area contributed by atoms with Gasteiger partial charge in [-0.1, -0.05) is 42.5 Å². The highest BCUT2D eigenvalue weighted by Crippen LogP contribution is 2.44. The van der Waals surface area contributed by atoms with Crippen molar-refractivity contribution < 1.29 is 4.84 Å². The highest BCUT2D eigenvalue weighted by molar-refractivity contribution is 5.13. The van der Waals surface area contributed by atoms with E-state index in [1.807, 2.05) is 18.2 Å². The van der Waals surface area contributed by atoms with Gasteiger partial charge in [0, 0.05) is 6.04 Å². The number of nitrogens with one attached hydrogen (secondary N) is 1. The van der Waals surface area contributed by atoms with Gasteiger partial charge in [-0.3, -0.25) is 4.84 Å². The van der Waals surface area contributed by atoms with Gasteiger partial charge in [-0.25, -0.2) is 0 Å². The lowest BCUT2D eigenvalue weighted by Gasteiger charge is -2.25. The van der Waals surface area contributed by atoms with E-state index < -0.39 is 0 Å². The molecule has 1 N–H and O–H groups in total. The van der Waals surface area contributed by atoms with Crippen molar-refractivity contribution in [2.24, 2.45) is 17.8 Å². The maximum absolute atomic E-state index is 5.63. The molecule has 4 atom stereocenters. The van der Waals surface area contributed by atoms with Crippen molar-refractivity contribution in [3.63, 3.8) is 0 Å². The Labute approximate surface area is 109 Å². The molecule has 0 amide bonds. The molecule has 0 heterocycles. The van der Waals surface area contributed by atoms with Gasteiger partial charge in [-0.05, 0) is 43.1 Å². The first-order valence-electron chi connectivity index (χ1n) is 6.92. The third kappa shape index (κ3) is 2.50. The Morgan fingerprint density at radius 3 is 2.72 bits per heavy atom. The number of hydroxylamine groups is 1. The summed E-state index contributed by atoms with van der Waals surface area (Å²) in [5.74, 6) is 2.35. The zero-order valence-corrected chi connectivity index (χ0v) is 10.9. The first-order valence-corrected chi connectivity index (χ1v) is 6.92. The van der Waals surface area contributed by atoms with Crippen molar-refractivity contribution in [2.75, 3.05) is 0 Å². The molecule has 1 aromatic rings. The fourth-order valence-electron chi connectivity index (χ4n) is 3.32. The molecule has 2 bridgehead atoms. The smallest absolute Gasteiger partial charge is 0.0933 e. The second kappa shape index (κ2) is 5.25. The summed E-state index contributed by atoms with van der Waals surface area (Å²) in [6.07, 6.45) is 7.46. The Morgan fingerprint density at radius 1 is 1.22 bits per heavy atom. The van der Waals surface area contributed by atoms with Gasteiger partial charge in [0.25, 0.3) is 0 Å². The van der Waals surface area contributed by atoms with Gasteiger partial charge in [-0.2, -0.15) is 5.48 Å². The third-order valence-corrected chi connectivity index (χ3v) is 4.32. The van der Waals surface area contributed by atoms with Crippen LogP contribution in [0.5, 0.6) is 0 Å². The summed E-state index contributed by atoms with van der Waals surface area (Å²) >= 11 is 0. The summed E-state index contributed by atoms with van der Waals surface area (Å²) < 4.78 is 0. The molecular weight excluding hydrogens is 222 g/mol. The van der Waals surface area contributed by atoms with Crippen LogP contribution in [0.15, 0.2) is 42.5 Å². The predicted octanol–water partition coefficient (Wildman–Crippen LogP) is 3.31. The lowest BCUT2D eigenvalue weighted by molar-refractivity contribution is -0.00879. The van der Waals surface area contributed by atoms with Gasteiger partial charge >= 0.3 is 0 Å². The minimum Gasteiger partial charge on any atom is -0.297 e. The van der Waals surface area contributed by atoms with Crippen molar-refractivity contribution >= 4 is 0 Å². The molecule has 96 valence electrons. The Hall–Kier alpha value is -1.12. The molecule has 2 aliphatic carbocycles. The van der Waals surface area contributed by atoms with Crippen LogP contribution in [0.4, 0.5) is 0 Å². The normalized spacial score (nSPS) is 30.8. The number of fused-ring (bicyclic) bond motifs is 2. The summed E-state index contributed by atoms with van der Waals surface area (Å²) in [6, 6.07) is 10.7. The average Bonchev–Trinajstić information content (AvgIpc) is 3.02. The van der Waals surface area contributed by atoms with Crippen LogP contribution in [0.25, 0.3) is 0 Å². The van der Waals surface area contributed by atoms with E-state index in [1.165, 1.54) is 18.4 Å². The molecule has 2 aliphatic rings. The second-order valence-corrected chi connectivity index (χ2v) is 5.62. The minimum absolute atomic E-state index is 0.439. The topological polar surface area (TPSA) is 21.3 Å². The first kappa shape index (κ1) is 11.9. The number of benzene rings is 1. The minimum atomic E-state index is 0.439. The highest BCUT2D eigenvalue weighted by Gasteiger charge is 2.38. The molecule has 0 saturated heterocycles. The molecule has 3 rings (SSSR count). The number of allylic oxidation sites excluding steroid dienone is 2. The standard InChI is InChI=1S/C16H21NO/c1-12(16-10-14-7-8-15(16)9-14)17-18-11-13-5-3-2-4-6-13/h2-8,12,14-17H,9-11H2,1H3. The van der Waals surface area contributed by atoms with E-state index in [0.717, 1.165) is 17.8 Å². The van der Waals surface area contributed by atoms with Gasteiger partial charge < -0.3 is 0 Å². The monoisotopic (exact) mass is 243 g/mol. The molecule has 1 fully saturated rings. The highest BCUT2D eigenvalue weighted by atomic mass is 16.6. The van der Waals surface area contributed by atoms with Gasteiger partial charge in [0.1, 0.15) is 0 Å². The van der Waals surface area contributed by atoms with Gasteiger partial charge in [-0.15, -0.1) is 0 Å². The van der Waals surface area contributed by atoms with Crippen LogP contribution in [0, 0.1) is 17.8 Å². The Kier molecular flexibility index (Phi) is 3.48. The lowest BCUT2D eigenvalue weighted by Crippen LogP contribution is -2.35. The number of rotatable bonds is 5. The molecule has 0 radical (unpaired) electrons. The van der Waals surface area contributed by atoms with Gasteiger partial charge in [0.05, 0.1) is 6.61 Å². The van der Waals surface area contributed by atoms with Crippen LogP contribution in [0.3, 0.4) is 0 Å². The Bertz CT molecular complexity index is 414. The predicted molar refractivity (Wildman–Crippen MR) is 72.7 cm³/mol. The molecule has 2 heteroatoms. The summed E-state index contributed by atoms with van der Waals surface area (Å²) in [5, 5.41) is 0. The van der Waals surface area contributed by atoms with Crippen LogP contribution in [0.2, 0.25) is 0 Å². The van der Waals surface area contributed by atoms with E-state index in [-0.39, 0.29) is 0 Å². The van der Waals surface area contributed by atoms with Crippen molar-refractivity contribution in [3.8, 4) is 0 Å². The third-order valence-electron chi connectivity index (χ3n) is 4.32. The summed E-state index contributed by atoms with van der Waals surface area (Å²) in [6.45, 7) is 2.88. The van der Waals surface area contributed by atoms with Gasteiger partial charge in [0.15, 0.2) is 0 Å². The molecule has 2 nitrogen and oxygen atoms in total. The van der Waals surface area contributed by atoms with Crippen LogP contribution in [-0.4, -0.2) is 6.04 Å². The molecule has 0 aliphatic heterocycles. The maximum Gasteiger partial charge on any atom is 0.0933 e. The van der Waals surface area contributed by atoms with E-state index in [9.17, 15) is 0 Å². The zero-order valence-electron chi connectivity index (χ0n) is 10.9. The molecule has 0 aromatic heterocycles. The van der Waals surface area contributed by atoms with Crippen LogP contribution in [-0.2, 0) is 11.4 Å². The summed E-state index contributed by atoms with van der Waals surface area (Å²) in [7, 11) is 0. The first-order chi connectivity index (χ1) is 8.83. The lowest BCUT2D eigenvalue weighted by atomic mass is 9.88. The number of hydrogen-bond acceptors (Lipinski definition) is 2. The molecular formula is C16H21NO.